The van der Waals surface area contributed by atoms with Gasteiger partial charge < -0.3 is 26.2 Å². The van der Waals surface area contributed by atoms with Gasteiger partial charge in [0.15, 0.2) is 0 Å². The van der Waals surface area contributed by atoms with E-state index in [2.05, 4.69) is 0 Å². The normalized spacial score (nSPS) is 6.00. The molecule has 0 aromatic carbocycles. The molecular formula is C2H7FeN2O4-. The van der Waals surface area contributed by atoms with Crippen molar-refractivity contribution in [2.24, 2.45) is 5.73 Å². The molecule has 0 aliphatic rings. The Bertz CT molecular complexity index is 54.5. The molecule has 0 bridgehead atoms. The molecule has 7 heteroatoms. The van der Waals surface area contributed by atoms with E-state index in [-0.39, 0.29) is 23.7 Å². The first-order valence-electron chi connectivity index (χ1n) is 1.77. The van der Waals surface area contributed by atoms with E-state index in [9.17, 15) is 0 Å². The molecule has 0 aromatic rings. The van der Waals surface area contributed by atoms with Gasteiger partial charge in [-0.2, -0.15) is 0 Å². The Balaban J connectivity index is -0.0000000720. The van der Waals surface area contributed by atoms with Gasteiger partial charge in [-0.15, -0.1) is 0 Å². The summed E-state index contributed by atoms with van der Waals surface area (Å²) in [6, 6.07) is 0. The van der Waals surface area contributed by atoms with Gasteiger partial charge in [-0.05, 0) is 0 Å². The predicted molar refractivity (Wildman–Crippen MR) is 26.5 cm³/mol. The van der Waals surface area contributed by atoms with Crippen LogP contribution in [0.4, 0.5) is 0 Å². The van der Waals surface area contributed by atoms with Crippen LogP contribution >= 0.6 is 0 Å². The van der Waals surface area contributed by atoms with E-state index in [1.807, 2.05) is 0 Å². The first-order valence-corrected chi connectivity index (χ1v) is 1.77. The Labute approximate surface area is 62.2 Å². The Morgan fingerprint density at radius 3 is 1.67 bits per heavy atom. The van der Waals surface area contributed by atoms with Crippen LogP contribution < -0.4 is 5.73 Å². The Hall–Kier alpha value is -0.361. The second kappa shape index (κ2) is 15.6. The quantitative estimate of drug-likeness (QED) is 0.295. The van der Waals surface area contributed by atoms with Crippen molar-refractivity contribution in [2.75, 3.05) is 13.2 Å². The van der Waals surface area contributed by atoms with Crippen molar-refractivity contribution in [1.82, 2.24) is 0 Å². The maximum atomic E-state index is 8.25. The number of aliphatic hydroxyl groups is 1. The molecule has 0 spiro atoms. The molecule has 0 fully saturated rings. The average Bonchev–Trinajstić information content (AvgIpc) is 1.65. The third-order valence-corrected chi connectivity index (χ3v) is 0.129. The van der Waals surface area contributed by atoms with Gasteiger partial charge >= 0.3 is 0 Å². The van der Waals surface area contributed by atoms with Crippen LogP contribution in [0.25, 0.3) is 0 Å². The van der Waals surface area contributed by atoms with Crippen molar-refractivity contribution in [2.45, 2.75) is 0 Å². The minimum Gasteiger partial charge on any atom is -0.395 e. The Morgan fingerprint density at radius 2 is 1.67 bits per heavy atom. The van der Waals surface area contributed by atoms with Crippen LogP contribution in [0.2, 0.25) is 0 Å². The molecule has 0 saturated carbocycles. The average molecular weight is 179 g/mol. The van der Waals surface area contributed by atoms with Crippen molar-refractivity contribution in [1.29, 1.82) is 0 Å². The number of hydrogen-bond donors (Lipinski definition) is 2. The first kappa shape index (κ1) is 15.9. The molecular weight excluding hydrogens is 172 g/mol. The molecule has 6 nitrogen and oxygen atoms in total. The summed E-state index contributed by atoms with van der Waals surface area (Å²) < 4.78 is 0. The topological polar surface area (TPSA) is 112 Å². The molecule has 3 N–H and O–H groups in total. The molecule has 0 rings (SSSR count). The van der Waals surface area contributed by atoms with Crippen molar-refractivity contribution in [3.8, 4) is 0 Å². The third kappa shape index (κ3) is 594. The predicted octanol–water partition coefficient (Wildman–Crippen LogP) is -1.30. The summed E-state index contributed by atoms with van der Waals surface area (Å²) in [6.07, 6.45) is 0. The number of aliphatic hydroxyl groups excluding tert-OH is 1. The molecule has 0 radical (unpaired) electrons. The maximum absolute atomic E-state index is 8.25. The number of nitrogens with two attached hydrogens (primary N) is 1. The van der Waals surface area contributed by atoms with Crippen LogP contribution in [0.1, 0.15) is 0 Å². The largest absolute Gasteiger partial charge is 0.395 e. The molecule has 0 aliphatic carbocycles. The zero-order valence-corrected chi connectivity index (χ0v) is 5.57. The third-order valence-electron chi connectivity index (χ3n) is 0.129. The Kier molecular flexibility index (Phi) is 27.6. The molecule has 9 heavy (non-hydrogen) atoms. The summed E-state index contributed by atoms with van der Waals surface area (Å²) in [7, 11) is 0. The summed E-state index contributed by atoms with van der Waals surface area (Å²) in [6.45, 7) is 0.472. The van der Waals surface area contributed by atoms with Gasteiger partial charge in [0, 0.05) is 23.6 Å². The van der Waals surface area contributed by atoms with Gasteiger partial charge in [0.05, 0.1) is 11.7 Å². The van der Waals surface area contributed by atoms with E-state index in [0.29, 0.717) is 6.54 Å². The minimum absolute atomic E-state index is 0. The zero-order chi connectivity index (χ0) is 6.99. The summed E-state index contributed by atoms with van der Waals surface area (Å²) in [5.74, 6) is 0. The SMILES string of the molecule is NCCO.O=[N+]([O-])[O-].[Fe]. The van der Waals surface area contributed by atoms with E-state index in [4.69, 9.17) is 26.2 Å². The first-order chi connectivity index (χ1) is 3.65. The zero-order valence-electron chi connectivity index (χ0n) is 4.46. The van der Waals surface area contributed by atoms with Crippen LogP contribution in [0.15, 0.2) is 0 Å². The molecule has 58 valence electrons. The van der Waals surface area contributed by atoms with Crippen LogP contribution in [0.5, 0.6) is 0 Å². The molecule has 0 amide bonds. The van der Waals surface area contributed by atoms with E-state index in [0.717, 1.165) is 0 Å². The van der Waals surface area contributed by atoms with Crippen LogP contribution in [0, 0.1) is 15.3 Å². The van der Waals surface area contributed by atoms with E-state index in [1.165, 1.54) is 0 Å². The van der Waals surface area contributed by atoms with Crippen LogP contribution in [-0.4, -0.2) is 23.3 Å². The second-order valence-corrected chi connectivity index (χ2v) is 0.736. The van der Waals surface area contributed by atoms with Crippen LogP contribution in [-0.2, 0) is 17.1 Å². The Morgan fingerprint density at radius 1 is 1.56 bits per heavy atom. The molecule has 0 aliphatic heterocycles. The number of hydrogen-bond acceptors (Lipinski definition) is 5. The minimum atomic E-state index is -1.75. The van der Waals surface area contributed by atoms with Gasteiger partial charge in [-0.3, -0.25) is 0 Å². The van der Waals surface area contributed by atoms with Crippen LogP contribution in [0.3, 0.4) is 0 Å². The molecule has 0 aromatic heterocycles. The van der Waals surface area contributed by atoms with Crippen molar-refractivity contribution in [3.63, 3.8) is 0 Å². The van der Waals surface area contributed by atoms with Gasteiger partial charge in [-0.1, -0.05) is 0 Å². The summed E-state index contributed by atoms with van der Waals surface area (Å²) >= 11 is 0. The van der Waals surface area contributed by atoms with E-state index >= 15 is 0 Å². The summed E-state index contributed by atoms with van der Waals surface area (Å²) in [4.78, 5) is 8.25. The smallest absolute Gasteiger partial charge is 0.0689 e. The van der Waals surface area contributed by atoms with Crippen molar-refractivity contribution < 1.29 is 27.3 Å². The molecule has 0 heterocycles. The maximum Gasteiger partial charge on any atom is 0.0689 e. The van der Waals surface area contributed by atoms with Gasteiger partial charge in [-0.25, -0.2) is 0 Å². The van der Waals surface area contributed by atoms with Gasteiger partial charge in [0.1, 0.15) is 0 Å². The van der Waals surface area contributed by atoms with Gasteiger partial charge in [0.25, 0.3) is 0 Å². The fourth-order valence-corrected chi connectivity index (χ4v) is 0. The summed E-state index contributed by atoms with van der Waals surface area (Å²) in [5, 5.41) is 22.5. The van der Waals surface area contributed by atoms with Gasteiger partial charge in [0.2, 0.25) is 0 Å². The molecule has 0 atom stereocenters. The monoisotopic (exact) mass is 179 g/mol. The van der Waals surface area contributed by atoms with E-state index < -0.39 is 5.09 Å². The standard InChI is InChI=1S/C2H7NO.Fe.NO3/c3-1-2-4;;2-1(3)4/h4H,1-3H2;;/q;;-1. The fraction of sp³-hybridized carbons (Fsp3) is 1.00. The molecule has 0 saturated heterocycles. The fourth-order valence-electron chi connectivity index (χ4n) is 0. The molecule has 0 unspecified atom stereocenters. The van der Waals surface area contributed by atoms with Crippen molar-refractivity contribution >= 4 is 0 Å². The second-order valence-electron chi connectivity index (χ2n) is 0.736. The summed E-state index contributed by atoms with van der Waals surface area (Å²) in [5.41, 5.74) is 4.78. The van der Waals surface area contributed by atoms with Crippen molar-refractivity contribution in [3.05, 3.63) is 15.3 Å². The number of nitrogens with zero attached hydrogens (tertiary/aromatic N) is 1. The number of rotatable bonds is 1. The van der Waals surface area contributed by atoms with E-state index in [1.54, 1.807) is 0 Å².